The fourth-order valence-electron chi connectivity index (χ4n) is 2.68. The predicted octanol–water partition coefficient (Wildman–Crippen LogP) is 3.64. The number of carbonyl (C=O) groups excluding carboxylic acids is 2. The summed E-state index contributed by atoms with van der Waals surface area (Å²) in [6.07, 6.45) is 0. The Morgan fingerprint density at radius 1 is 1.17 bits per heavy atom. The molecule has 1 heterocycles. The van der Waals surface area contributed by atoms with Crippen molar-refractivity contribution in [3.05, 3.63) is 71.3 Å². The maximum Gasteiger partial charge on any atom is 0.338 e. The van der Waals surface area contributed by atoms with E-state index in [1.807, 2.05) is 47.4 Å². The van der Waals surface area contributed by atoms with Crippen LogP contribution in [0.3, 0.4) is 0 Å². The van der Waals surface area contributed by atoms with Crippen LogP contribution < -0.4 is 0 Å². The molecule has 1 aliphatic rings. The van der Waals surface area contributed by atoms with Crippen molar-refractivity contribution in [2.45, 2.75) is 18.8 Å². The Morgan fingerprint density at radius 2 is 1.88 bits per heavy atom. The van der Waals surface area contributed by atoms with Crippen LogP contribution in [0.5, 0.6) is 0 Å². The first-order chi connectivity index (χ1) is 11.7. The first-order valence-corrected chi connectivity index (χ1v) is 8.96. The SMILES string of the molecule is CCOC(=O)c1ccc(CN2C(=O)CSC2c2ccccc2)cc1. The topological polar surface area (TPSA) is 46.6 Å². The molecule has 0 bridgehead atoms. The van der Waals surface area contributed by atoms with Gasteiger partial charge in [0.25, 0.3) is 0 Å². The molecule has 124 valence electrons. The van der Waals surface area contributed by atoms with Crippen molar-refractivity contribution >= 4 is 23.6 Å². The van der Waals surface area contributed by atoms with E-state index in [2.05, 4.69) is 0 Å². The summed E-state index contributed by atoms with van der Waals surface area (Å²) in [7, 11) is 0. The van der Waals surface area contributed by atoms with Gasteiger partial charge in [-0.05, 0) is 30.2 Å². The van der Waals surface area contributed by atoms with Gasteiger partial charge < -0.3 is 9.64 Å². The highest BCUT2D eigenvalue weighted by atomic mass is 32.2. The highest BCUT2D eigenvalue weighted by Gasteiger charge is 2.32. The number of thioether (sulfide) groups is 1. The third-order valence-corrected chi connectivity index (χ3v) is 5.13. The minimum atomic E-state index is -0.320. The quantitative estimate of drug-likeness (QED) is 0.779. The molecule has 4 nitrogen and oxygen atoms in total. The number of hydrogen-bond donors (Lipinski definition) is 0. The van der Waals surface area contributed by atoms with Crippen LogP contribution in [0.25, 0.3) is 0 Å². The molecule has 0 aliphatic carbocycles. The number of benzene rings is 2. The number of rotatable bonds is 5. The number of esters is 1. The largest absolute Gasteiger partial charge is 0.462 e. The molecule has 1 unspecified atom stereocenters. The second-order valence-corrected chi connectivity index (χ2v) is 6.58. The summed E-state index contributed by atoms with van der Waals surface area (Å²) < 4.78 is 4.99. The molecule has 1 saturated heterocycles. The smallest absolute Gasteiger partial charge is 0.338 e. The van der Waals surface area contributed by atoms with E-state index in [4.69, 9.17) is 4.74 Å². The fraction of sp³-hybridized carbons (Fsp3) is 0.263. The summed E-state index contributed by atoms with van der Waals surface area (Å²) in [5.41, 5.74) is 2.67. The summed E-state index contributed by atoms with van der Waals surface area (Å²) in [5.74, 6) is 0.322. The van der Waals surface area contributed by atoms with E-state index in [1.165, 1.54) is 0 Å². The molecular weight excluding hydrogens is 322 g/mol. The molecule has 0 saturated carbocycles. The van der Waals surface area contributed by atoms with Crippen molar-refractivity contribution in [1.29, 1.82) is 0 Å². The number of hydrogen-bond acceptors (Lipinski definition) is 4. The molecule has 0 aromatic heterocycles. The third-order valence-electron chi connectivity index (χ3n) is 3.87. The Labute approximate surface area is 145 Å². The molecule has 2 aromatic rings. The summed E-state index contributed by atoms with van der Waals surface area (Å²) in [6.45, 7) is 2.68. The van der Waals surface area contributed by atoms with Gasteiger partial charge in [-0.1, -0.05) is 42.5 Å². The molecule has 0 spiro atoms. The van der Waals surface area contributed by atoms with Crippen LogP contribution >= 0.6 is 11.8 Å². The molecule has 3 rings (SSSR count). The molecule has 2 aromatic carbocycles. The monoisotopic (exact) mass is 341 g/mol. The van der Waals surface area contributed by atoms with Crippen molar-refractivity contribution in [2.24, 2.45) is 0 Å². The maximum absolute atomic E-state index is 12.3. The van der Waals surface area contributed by atoms with Crippen LogP contribution in [0.2, 0.25) is 0 Å². The van der Waals surface area contributed by atoms with E-state index >= 15 is 0 Å². The summed E-state index contributed by atoms with van der Waals surface area (Å²) in [4.78, 5) is 25.8. The zero-order chi connectivity index (χ0) is 16.9. The van der Waals surface area contributed by atoms with Crippen molar-refractivity contribution in [3.8, 4) is 0 Å². The minimum Gasteiger partial charge on any atom is -0.462 e. The van der Waals surface area contributed by atoms with Crippen molar-refractivity contribution in [2.75, 3.05) is 12.4 Å². The lowest BCUT2D eigenvalue weighted by Crippen LogP contribution is -2.27. The standard InChI is InChI=1S/C19H19NO3S/c1-2-23-19(22)16-10-8-14(9-11-16)12-20-17(21)13-24-18(20)15-6-4-3-5-7-15/h3-11,18H,2,12-13H2,1H3. The van der Waals surface area contributed by atoms with Gasteiger partial charge in [0, 0.05) is 6.54 Å². The molecule has 1 atom stereocenters. The van der Waals surface area contributed by atoms with Gasteiger partial charge in [0.2, 0.25) is 5.91 Å². The Morgan fingerprint density at radius 3 is 2.54 bits per heavy atom. The maximum atomic E-state index is 12.3. The van der Waals surface area contributed by atoms with Gasteiger partial charge in [0.1, 0.15) is 5.37 Å². The van der Waals surface area contributed by atoms with Crippen molar-refractivity contribution < 1.29 is 14.3 Å². The van der Waals surface area contributed by atoms with Crippen LogP contribution in [0.1, 0.15) is 33.8 Å². The van der Waals surface area contributed by atoms with Crippen LogP contribution in [0, 0.1) is 0 Å². The Hall–Kier alpha value is -2.27. The van der Waals surface area contributed by atoms with Crippen molar-refractivity contribution in [3.63, 3.8) is 0 Å². The van der Waals surface area contributed by atoms with Gasteiger partial charge >= 0.3 is 5.97 Å². The first-order valence-electron chi connectivity index (χ1n) is 7.91. The van der Waals surface area contributed by atoms with Crippen LogP contribution in [0.4, 0.5) is 0 Å². The lowest BCUT2D eigenvalue weighted by atomic mass is 10.1. The molecule has 0 radical (unpaired) electrons. The Bertz CT molecular complexity index is 715. The van der Waals surface area contributed by atoms with E-state index in [9.17, 15) is 9.59 Å². The average Bonchev–Trinajstić information content (AvgIpc) is 2.97. The van der Waals surface area contributed by atoms with E-state index in [-0.39, 0.29) is 17.3 Å². The van der Waals surface area contributed by atoms with Gasteiger partial charge in [-0.2, -0.15) is 0 Å². The molecular formula is C19H19NO3S. The predicted molar refractivity (Wildman–Crippen MR) is 94.6 cm³/mol. The molecule has 0 N–H and O–H groups in total. The zero-order valence-electron chi connectivity index (χ0n) is 13.5. The number of carbonyl (C=O) groups is 2. The molecule has 24 heavy (non-hydrogen) atoms. The molecule has 5 heteroatoms. The normalized spacial score (nSPS) is 17.1. The highest BCUT2D eigenvalue weighted by Crippen LogP contribution is 2.39. The van der Waals surface area contributed by atoms with E-state index in [0.29, 0.717) is 24.5 Å². The molecule has 1 amide bonds. The lowest BCUT2D eigenvalue weighted by Gasteiger charge is -2.24. The molecule has 1 fully saturated rings. The Balaban J connectivity index is 1.74. The number of amides is 1. The number of ether oxygens (including phenoxy) is 1. The minimum absolute atomic E-state index is 0.0448. The van der Waals surface area contributed by atoms with Gasteiger partial charge in [-0.15, -0.1) is 11.8 Å². The molecule has 1 aliphatic heterocycles. The van der Waals surface area contributed by atoms with Gasteiger partial charge in [0.05, 0.1) is 17.9 Å². The highest BCUT2D eigenvalue weighted by molar-refractivity contribution is 8.00. The van der Waals surface area contributed by atoms with E-state index in [1.54, 1.807) is 30.8 Å². The lowest BCUT2D eigenvalue weighted by molar-refractivity contribution is -0.128. The van der Waals surface area contributed by atoms with Crippen molar-refractivity contribution in [1.82, 2.24) is 4.90 Å². The summed E-state index contributed by atoms with van der Waals surface area (Å²) in [5, 5.41) is 0.0448. The number of nitrogens with zero attached hydrogens (tertiary/aromatic N) is 1. The zero-order valence-corrected chi connectivity index (χ0v) is 14.3. The van der Waals surface area contributed by atoms with Gasteiger partial charge in [0.15, 0.2) is 0 Å². The van der Waals surface area contributed by atoms with Gasteiger partial charge in [-0.25, -0.2) is 4.79 Å². The van der Waals surface area contributed by atoms with Crippen LogP contribution in [-0.2, 0) is 16.1 Å². The van der Waals surface area contributed by atoms with Gasteiger partial charge in [-0.3, -0.25) is 4.79 Å². The summed E-state index contributed by atoms with van der Waals surface area (Å²) in [6, 6.07) is 17.3. The van der Waals surface area contributed by atoms with Crippen LogP contribution in [-0.4, -0.2) is 29.1 Å². The fourth-order valence-corrected chi connectivity index (χ4v) is 3.86. The average molecular weight is 341 g/mol. The summed E-state index contributed by atoms with van der Waals surface area (Å²) >= 11 is 1.65. The van der Waals surface area contributed by atoms with E-state index in [0.717, 1.165) is 11.1 Å². The Kier molecular flexibility index (Phi) is 5.20. The second kappa shape index (κ2) is 7.53. The van der Waals surface area contributed by atoms with Crippen LogP contribution in [0.15, 0.2) is 54.6 Å². The van der Waals surface area contributed by atoms with E-state index < -0.39 is 0 Å². The third kappa shape index (κ3) is 3.62. The first kappa shape index (κ1) is 16.6. The second-order valence-electron chi connectivity index (χ2n) is 5.51.